The molecule has 0 amide bonds. The van der Waals surface area contributed by atoms with Crippen molar-refractivity contribution in [2.75, 3.05) is 19.5 Å². The van der Waals surface area contributed by atoms with E-state index >= 15 is 0 Å². The Morgan fingerprint density at radius 2 is 1.90 bits per heavy atom. The summed E-state index contributed by atoms with van der Waals surface area (Å²) in [6, 6.07) is 0. The number of hydrogen-bond acceptors (Lipinski definition) is 3. The summed E-state index contributed by atoms with van der Waals surface area (Å²) in [5, 5.41) is 0. The largest absolute Gasteiger partial charge is 0.385 e. The predicted octanol–water partition coefficient (Wildman–Crippen LogP) is 2.77. The van der Waals surface area contributed by atoms with Crippen LogP contribution >= 0.6 is 22.5 Å². The van der Waals surface area contributed by atoms with Gasteiger partial charge >= 0.3 is 0 Å². The molecule has 0 aliphatic heterocycles. The predicted molar refractivity (Wildman–Crippen MR) is 51.8 cm³/mol. The van der Waals surface area contributed by atoms with Gasteiger partial charge in [0.15, 0.2) is 0 Å². The Kier molecular flexibility index (Phi) is 10.3. The molecule has 0 rings (SSSR count). The lowest BCUT2D eigenvalue weighted by molar-refractivity contribution is 0.192. The molecule has 0 aromatic rings. The number of unbranched alkanes of at least 4 members (excludes halogenated alkanes) is 3. The van der Waals surface area contributed by atoms with Crippen LogP contribution in [0.5, 0.6) is 0 Å². The molecule has 0 aliphatic carbocycles. The highest BCUT2D eigenvalue weighted by Gasteiger charge is 1.88. The van der Waals surface area contributed by atoms with Gasteiger partial charge in [-0.2, -0.15) is 0 Å². The van der Waals surface area contributed by atoms with Crippen molar-refractivity contribution < 1.29 is 4.74 Å². The van der Waals surface area contributed by atoms with Crippen LogP contribution in [0.15, 0.2) is 0 Å². The summed E-state index contributed by atoms with van der Waals surface area (Å²) < 4.78 is 4.93. The van der Waals surface area contributed by atoms with Crippen molar-refractivity contribution in [1.82, 2.24) is 0 Å². The van der Waals surface area contributed by atoms with Gasteiger partial charge in [0.1, 0.15) is 0 Å². The standard InChI is InChI=1S/C7H16OS2/c1-8-6-4-2-3-5-7-10-9/h9H,2-7H2,1H3. The molecule has 0 fully saturated rings. The summed E-state index contributed by atoms with van der Waals surface area (Å²) >= 11 is 4.06. The number of hydrogen-bond donors (Lipinski definition) is 1. The summed E-state index contributed by atoms with van der Waals surface area (Å²) in [7, 11) is 3.38. The molecule has 62 valence electrons. The lowest BCUT2D eigenvalue weighted by Gasteiger charge is -1.98. The zero-order valence-corrected chi connectivity index (χ0v) is 8.22. The van der Waals surface area contributed by atoms with E-state index in [2.05, 4.69) is 11.7 Å². The molecule has 0 N–H and O–H groups in total. The Morgan fingerprint density at radius 3 is 2.50 bits per heavy atom. The highest BCUT2D eigenvalue weighted by atomic mass is 33.1. The van der Waals surface area contributed by atoms with Crippen molar-refractivity contribution in [3.05, 3.63) is 0 Å². The summed E-state index contributed by atoms with van der Waals surface area (Å²) in [6.45, 7) is 0.911. The second kappa shape index (κ2) is 9.66. The van der Waals surface area contributed by atoms with E-state index in [0.29, 0.717) is 0 Å². The van der Waals surface area contributed by atoms with Crippen LogP contribution in [0.25, 0.3) is 0 Å². The molecule has 0 saturated heterocycles. The maximum atomic E-state index is 4.93. The number of ether oxygens (including phenoxy) is 1. The summed E-state index contributed by atoms with van der Waals surface area (Å²) in [6.07, 6.45) is 5.10. The minimum absolute atomic E-state index is 0.911. The molecule has 0 heterocycles. The van der Waals surface area contributed by atoms with Crippen molar-refractivity contribution in [3.8, 4) is 0 Å². The fourth-order valence-electron chi connectivity index (χ4n) is 0.767. The Labute approximate surface area is 72.7 Å². The van der Waals surface area contributed by atoms with E-state index in [1.54, 1.807) is 17.9 Å². The molecular formula is C7H16OS2. The van der Waals surface area contributed by atoms with E-state index in [1.807, 2.05) is 0 Å². The van der Waals surface area contributed by atoms with Gasteiger partial charge in [-0.1, -0.05) is 23.6 Å². The molecule has 0 unspecified atom stereocenters. The van der Waals surface area contributed by atoms with Crippen LogP contribution < -0.4 is 0 Å². The number of thiol groups is 1. The third kappa shape index (κ3) is 8.66. The molecule has 1 nitrogen and oxygen atoms in total. The third-order valence-corrected chi connectivity index (χ3v) is 2.35. The van der Waals surface area contributed by atoms with Crippen LogP contribution in [0.3, 0.4) is 0 Å². The molecular weight excluding hydrogens is 164 g/mol. The minimum atomic E-state index is 0.911. The van der Waals surface area contributed by atoms with Gasteiger partial charge in [0.25, 0.3) is 0 Å². The van der Waals surface area contributed by atoms with Crippen molar-refractivity contribution in [1.29, 1.82) is 0 Å². The van der Waals surface area contributed by atoms with Gasteiger partial charge in [-0.25, -0.2) is 0 Å². The molecule has 0 aromatic carbocycles. The first-order chi connectivity index (χ1) is 4.91. The first-order valence-corrected chi connectivity index (χ1v) is 5.71. The van der Waals surface area contributed by atoms with E-state index in [1.165, 1.54) is 31.4 Å². The summed E-state index contributed by atoms with van der Waals surface area (Å²) in [5.74, 6) is 1.18. The number of methoxy groups -OCH3 is 1. The summed E-state index contributed by atoms with van der Waals surface area (Å²) in [5.41, 5.74) is 0. The highest BCUT2D eigenvalue weighted by molar-refractivity contribution is 8.68. The molecule has 0 atom stereocenters. The topological polar surface area (TPSA) is 9.23 Å². The first-order valence-electron chi connectivity index (χ1n) is 3.67. The van der Waals surface area contributed by atoms with Gasteiger partial charge < -0.3 is 4.74 Å². The van der Waals surface area contributed by atoms with Crippen LogP contribution in [-0.2, 0) is 4.74 Å². The molecule has 3 heteroatoms. The Hall–Kier alpha value is 0.660. The van der Waals surface area contributed by atoms with Gasteiger partial charge in [0.05, 0.1) is 0 Å². The molecule has 0 spiro atoms. The van der Waals surface area contributed by atoms with Crippen LogP contribution in [0.1, 0.15) is 25.7 Å². The lowest BCUT2D eigenvalue weighted by Crippen LogP contribution is -1.88. The van der Waals surface area contributed by atoms with E-state index in [9.17, 15) is 0 Å². The van der Waals surface area contributed by atoms with Gasteiger partial charge in [-0.15, -0.1) is 11.7 Å². The number of rotatable bonds is 7. The highest BCUT2D eigenvalue weighted by Crippen LogP contribution is 2.09. The Bertz CT molecular complexity index is 51.6. The lowest BCUT2D eigenvalue weighted by atomic mass is 10.2. The average molecular weight is 180 g/mol. The van der Waals surface area contributed by atoms with Gasteiger partial charge in [-0.3, -0.25) is 0 Å². The van der Waals surface area contributed by atoms with Crippen molar-refractivity contribution in [3.63, 3.8) is 0 Å². The fraction of sp³-hybridized carbons (Fsp3) is 1.00. The van der Waals surface area contributed by atoms with Gasteiger partial charge in [0.2, 0.25) is 0 Å². The zero-order chi connectivity index (χ0) is 7.66. The quantitative estimate of drug-likeness (QED) is 0.366. The van der Waals surface area contributed by atoms with Crippen LogP contribution in [0.4, 0.5) is 0 Å². The average Bonchev–Trinajstić information content (AvgIpc) is 1.97. The summed E-state index contributed by atoms with van der Waals surface area (Å²) in [4.78, 5) is 0. The Morgan fingerprint density at radius 1 is 1.20 bits per heavy atom. The maximum Gasteiger partial charge on any atom is 0.0462 e. The monoisotopic (exact) mass is 180 g/mol. The van der Waals surface area contributed by atoms with Crippen molar-refractivity contribution in [2.24, 2.45) is 0 Å². The SMILES string of the molecule is COCCCCCCSS. The van der Waals surface area contributed by atoms with Crippen LogP contribution in [-0.4, -0.2) is 19.5 Å². The fourth-order valence-corrected chi connectivity index (χ4v) is 1.49. The van der Waals surface area contributed by atoms with Crippen LogP contribution in [0.2, 0.25) is 0 Å². The molecule has 10 heavy (non-hydrogen) atoms. The molecule has 0 radical (unpaired) electrons. The van der Waals surface area contributed by atoms with E-state index < -0.39 is 0 Å². The molecule has 0 aromatic heterocycles. The third-order valence-electron chi connectivity index (χ3n) is 1.33. The van der Waals surface area contributed by atoms with Gasteiger partial charge in [-0.05, 0) is 12.8 Å². The second-order valence-electron chi connectivity index (χ2n) is 2.24. The second-order valence-corrected chi connectivity index (χ2v) is 3.68. The smallest absolute Gasteiger partial charge is 0.0462 e. The first kappa shape index (κ1) is 10.7. The molecule has 0 bridgehead atoms. The maximum absolute atomic E-state index is 4.93. The van der Waals surface area contributed by atoms with Crippen molar-refractivity contribution >= 4 is 22.5 Å². The Balaban J connectivity index is 2.65. The zero-order valence-electron chi connectivity index (χ0n) is 6.51. The van der Waals surface area contributed by atoms with E-state index in [0.717, 1.165) is 6.61 Å². The van der Waals surface area contributed by atoms with Crippen molar-refractivity contribution in [2.45, 2.75) is 25.7 Å². The molecule has 0 saturated carbocycles. The van der Waals surface area contributed by atoms with E-state index in [4.69, 9.17) is 4.74 Å². The minimum Gasteiger partial charge on any atom is -0.385 e. The molecule has 0 aliphatic rings. The van der Waals surface area contributed by atoms with Gasteiger partial charge in [0, 0.05) is 19.5 Å². The van der Waals surface area contributed by atoms with Crippen LogP contribution in [0, 0.1) is 0 Å². The normalized spacial score (nSPS) is 10.2. The van der Waals surface area contributed by atoms with E-state index in [-0.39, 0.29) is 0 Å².